The second-order valence-electron chi connectivity index (χ2n) is 5.83. The first-order valence-electron chi connectivity index (χ1n) is 8.26. The number of rotatable bonds is 6. The topological polar surface area (TPSA) is 74.1 Å². The summed E-state index contributed by atoms with van der Waals surface area (Å²) in [6.07, 6.45) is 3.31. The Morgan fingerprint density at radius 1 is 1.07 bits per heavy atom. The number of fused-ring (bicyclic) bond motifs is 1. The molecule has 3 aromatic rings. The van der Waals surface area contributed by atoms with Gasteiger partial charge in [-0.15, -0.1) is 0 Å². The number of nitrogens with zero attached hydrogens (tertiary/aromatic N) is 2. The van der Waals surface area contributed by atoms with Gasteiger partial charge in [0.2, 0.25) is 5.75 Å². The maximum Gasteiger partial charge on any atom is 0.273 e. The highest BCUT2D eigenvalue weighted by Gasteiger charge is 2.14. The number of carbonyl (C=O) groups is 1. The molecule has 0 saturated carbocycles. The molecule has 0 unspecified atom stereocenters. The van der Waals surface area contributed by atoms with Gasteiger partial charge in [0.1, 0.15) is 0 Å². The van der Waals surface area contributed by atoms with Crippen LogP contribution in [0.1, 0.15) is 15.9 Å². The van der Waals surface area contributed by atoms with Gasteiger partial charge in [0, 0.05) is 29.7 Å². The summed E-state index contributed by atoms with van der Waals surface area (Å²) in [5.41, 5.74) is 4.81. The Labute approximate surface area is 157 Å². The molecule has 2 aromatic carbocycles. The van der Waals surface area contributed by atoms with E-state index in [1.807, 2.05) is 35.9 Å². The average molecular weight is 367 g/mol. The molecule has 0 bridgehead atoms. The number of nitrogens with one attached hydrogen (secondary N) is 1. The summed E-state index contributed by atoms with van der Waals surface area (Å²) in [6, 6.07) is 11.2. The van der Waals surface area contributed by atoms with Crippen LogP contribution in [0.3, 0.4) is 0 Å². The maximum absolute atomic E-state index is 12.5. The van der Waals surface area contributed by atoms with Gasteiger partial charge in [-0.1, -0.05) is 18.2 Å². The van der Waals surface area contributed by atoms with E-state index in [1.165, 1.54) is 6.21 Å². The lowest BCUT2D eigenvalue weighted by Gasteiger charge is -2.12. The zero-order valence-electron chi connectivity index (χ0n) is 15.6. The molecule has 0 aliphatic carbocycles. The van der Waals surface area contributed by atoms with Gasteiger partial charge in [0.15, 0.2) is 11.5 Å². The number of hydrogen-bond acceptors (Lipinski definition) is 5. The minimum atomic E-state index is -0.282. The van der Waals surface area contributed by atoms with Crippen LogP contribution in [-0.4, -0.2) is 38.0 Å². The fraction of sp³-hybridized carbons (Fsp3) is 0.200. The molecule has 0 aliphatic rings. The van der Waals surface area contributed by atoms with E-state index in [0.29, 0.717) is 28.4 Å². The lowest BCUT2D eigenvalue weighted by atomic mass is 10.2. The van der Waals surface area contributed by atoms with Crippen LogP contribution >= 0.6 is 0 Å². The molecule has 0 aliphatic heterocycles. The summed E-state index contributed by atoms with van der Waals surface area (Å²) in [6.45, 7) is 0. The first-order valence-corrected chi connectivity index (χ1v) is 8.26. The van der Waals surface area contributed by atoms with Crippen molar-refractivity contribution in [3.8, 4) is 17.2 Å². The Bertz CT molecular complexity index is 983. The third-order valence-corrected chi connectivity index (χ3v) is 4.21. The number of hydrogen-bond donors (Lipinski definition) is 1. The number of para-hydroxylation sites is 1. The van der Waals surface area contributed by atoms with Crippen LogP contribution in [0.15, 0.2) is 47.7 Å². The highest BCUT2D eigenvalue weighted by Crippen LogP contribution is 2.37. The largest absolute Gasteiger partial charge is 0.493 e. The number of carbonyl (C=O) groups excluding carboxylic acids is 1. The molecule has 3 rings (SSSR count). The molecule has 1 N–H and O–H groups in total. The SMILES string of the molecule is COc1cc(/C=N/NC(=O)c2cn(C)c3ccccc23)cc(OC)c1OC. The molecule has 1 amide bonds. The van der Waals surface area contributed by atoms with Crippen LogP contribution in [0.25, 0.3) is 10.9 Å². The van der Waals surface area contributed by atoms with Gasteiger partial charge in [-0.25, -0.2) is 5.43 Å². The summed E-state index contributed by atoms with van der Waals surface area (Å²) >= 11 is 0. The molecular weight excluding hydrogens is 346 g/mol. The highest BCUT2D eigenvalue weighted by atomic mass is 16.5. The van der Waals surface area contributed by atoms with E-state index >= 15 is 0 Å². The Balaban J connectivity index is 1.82. The second kappa shape index (κ2) is 7.82. The molecule has 0 saturated heterocycles. The predicted molar refractivity (Wildman–Crippen MR) is 104 cm³/mol. The smallest absolute Gasteiger partial charge is 0.273 e. The summed E-state index contributed by atoms with van der Waals surface area (Å²) in [5.74, 6) is 1.24. The van der Waals surface area contributed by atoms with E-state index in [0.717, 1.165) is 10.9 Å². The third kappa shape index (κ3) is 3.57. The molecule has 0 spiro atoms. The first kappa shape index (κ1) is 18.3. The van der Waals surface area contributed by atoms with Crippen molar-refractivity contribution < 1.29 is 19.0 Å². The third-order valence-electron chi connectivity index (χ3n) is 4.21. The van der Waals surface area contributed by atoms with Crippen LogP contribution in [0.4, 0.5) is 0 Å². The molecular formula is C20H21N3O4. The number of aryl methyl sites for hydroxylation is 1. The fourth-order valence-corrected chi connectivity index (χ4v) is 2.92. The molecule has 1 heterocycles. The van der Waals surface area contributed by atoms with Crippen LogP contribution in [0.2, 0.25) is 0 Å². The lowest BCUT2D eigenvalue weighted by molar-refractivity contribution is 0.0956. The van der Waals surface area contributed by atoms with Gasteiger partial charge in [-0.05, 0) is 18.2 Å². The van der Waals surface area contributed by atoms with Crippen LogP contribution in [0, 0.1) is 0 Å². The normalized spacial score (nSPS) is 11.0. The standard InChI is InChI=1S/C20H21N3O4/c1-23-12-15(14-7-5-6-8-16(14)23)20(24)22-21-11-13-9-17(25-2)19(27-4)18(10-13)26-3/h5-12H,1-4H3,(H,22,24)/b21-11+. The van der Waals surface area contributed by atoms with Crippen LogP contribution in [-0.2, 0) is 7.05 Å². The van der Waals surface area contributed by atoms with Crippen molar-refractivity contribution in [3.63, 3.8) is 0 Å². The van der Waals surface area contributed by atoms with Gasteiger partial charge in [-0.3, -0.25) is 4.79 Å². The van der Waals surface area contributed by atoms with Gasteiger partial charge in [0.05, 0.1) is 33.1 Å². The van der Waals surface area contributed by atoms with E-state index in [1.54, 1.807) is 39.7 Å². The van der Waals surface area contributed by atoms with Gasteiger partial charge in [-0.2, -0.15) is 5.10 Å². The number of aromatic nitrogens is 1. The summed E-state index contributed by atoms with van der Waals surface area (Å²) in [7, 11) is 6.53. The van der Waals surface area contributed by atoms with E-state index in [4.69, 9.17) is 14.2 Å². The molecule has 7 heteroatoms. The monoisotopic (exact) mass is 367 g/mol. The zero-order chi connectivity index (χ0) is 19.4. The van der Waals surface area contributed by atoms with E-state index in [2.05, 4.69) is 10.5 Å². The van der Waals surface area contributed by atoms with E-state index in [9.17, 15) is 4.79 Å². The van der Waals surface area contributed by atoms with Gasteiger partial charge >= 0.3 is 0 Å². The summed E-state index contributed by atoms with van der Waals surface area (Å²) in [5, 5.41) is 4.93. The minimum Gasteiger partial charge on any atom is -0.493 e. The fourth-order valence-electron chi connectivity index (χ4n) is 2.92. The molecule has 27 heavy (non-hydrogen) atoms. The van der Waals surface area contributed by atoms with Crippen molar-refractivity contribution in [3.05, 3.63) is 53.7 Å². The van der Waals surface area contributed by atoms with E-state index < -0.39 is 0 Å². The Morgan fingerprint density at radius 3 is 2.37 bits per heavy atom. The highest BCUT2D eigenvalue weighted by molar-refractivity contribution is 6.07. The van der Waals surface area contributed by atoms with Crippen LogP contribution in [0.5, 0.6) is 17.2 Å². The van der Waals surface area contributed by atoms with Crippen molar-refractivity contribution in [2.75, 3.05) is 21.3 Å². The van der Waals surface area contributed by atoms with Gasteiger partial charge < -0.3 is 18.8 Å². The van der Waals surface area contributed by atoms with Crippen LogP contribution < -0.4 is 19.6 Å². The van der Waals surface area contributed by atoms with Gasteiger partial charge in [0.25, 0.3) is 5.91 Å². The lowest BCUT2D eigenvalue weighted by Crippen LogP contribution is -2.17. The summed E-state index contributed by atoms with van der Waals surface area (Å²) < 4.78 is 17.8. The average Bonchev–Trinajstić information content (AvgIpc) is 3.04. The number of amides is 1. The van der Waals surface area contributed by atoms with Crippen molar-refractivity contribution in [1.29, 1.82) is 0 Å². The quantitative estimate of drug-likeness (QED) is 0.537. The summed E-state index contributed by atoms with van der Waals surface area (Å²) in [4.78, 5) is 12.5. The Hall–Kier alpha value is -3.48. The number of ether oxygens (including phenoxy) is 3. The number of methoxy groups -OCH3 is 3. The first-order chi connectivity index (χ1) is 13.1. The Morgan fingerprint density at radius 2 is 1.74 bits per heavy atom. The molecule has 0 fully saturated rings. The maximum atomic E-state index is 12.5. The molecule has 140 valence electrons. The van der Waals surface area contributed by atoms with Crippen molar-refractivity contribution in [2.45, 2.75) is 0 Å². The molecule has 1 aromatic heterocycles. The van der Waals surface area contributed by atoms with Crippen molar-refractivity contribution >= 4 is 23.0 Å². The number of benzene rings is 2. The van der Waals surface area contributed by atoms with E-state index in [-0.39, 0.29) is 5.91 Å². The predicted octanol–water partition coefficient (Wildman–Crippen LogP) is 2.97. The molecule has 7 nitrogen and oxygen atoms in total. The Kier molecular flexibility index (Phi) is 5.30. The number of hydrazone groups is 1. The van der Waals surface area contributed by atoms with Crippen molar-refractivity contribution in [1.82, 2.24) is 9.99 Å². The zero-order valence-corrected chi connectivity index (χ0v) is 15.6. The molecule has 0 atom stereocenters. The second-order valence-corrected chi connectivity index (χ2v) is 5.83. The van der Waals surface area contributed by atoms with Crippen molar-refractivity contribution in [2.24, 2.45) is 12.1 Å². The molecule has 0 radical (unpaired) electrons. The minimum absolute atomic E-state index is 0.282.